The molecule has 13 heteroatoms. The van der Waals surface area contributed by atoms with Gasteiger partial charge in [-0.3, -0.25) is 20.2 Å². The Morgan fingerprint density at radius 1 is 1.03 bits per heavy atom. The van der Waals surface area contributed by atoms with Crippen molar-refractivity contribution < 1.29 is 31.1 Å². The highest BCUT2D eigenvalue weighted by Crippen LogP contribution is 2.38. The van der Waals surface area contributed by atoms with Crippen molar-refractivity contribution >= 4 is 17.8 Å². The largest absolute Gasteiger partial charge is 0.416 e. The van der Waals surface area contributed by atoms with Crippen molar-refractivity contribution in [3.63, 3.8) is 0 Å². The molecule has 0 aliphatic carbocycles. The number of hydrogen-bond acceptors (Lipinski definition) is 5. The third kappa shape index (κ3) is 5.62. The van der Waals surface area contributed by atoms with Crippen molar-refractivity contribution in [3.05, 3.63) is 66.3 Å². The molecule has 1 N–H and O–H groups in total. The molecule has 0 aliphatic heterocycles. The second kappa shape index (κ2) is 8.69. The van der Waals surface area contributed by atoms with Gasteiger partial charge in [-0.05, 0) is 30.3 Å². The lowest BCUT2D eigenvalue weighted by Gasteiger charge is -2.18. The molecule has 168 valence electrons. The first kappa shape index (κ1) is 22.8. The van der Waals surface area contributed by atoms with E-state index in [9.17, 15) is 31.1 Å². The van der Waals surface area contributed by atoms with Crippen LogP contribution in [0.3, 0.4) is 0 Å². The van der Waals surface area contributed by atoms with Crippen LogP contribution in [0, 0.1) is 0 Å². The van der Waals surface area contributed by atoms with Crippen molar-refractivity contribution in [1.82, 2.24) is 25.2 Å². The van der Waals surface area contributed by atoms with Crippen molar-refractivity contribution in [2.75, 3.05) is 12.1 Å². The molecule has 0 unspecified atom stereocenters. The third-order valence-electron chi connectivity index (χ3n) is 4.06. The van der Waals surface area contributed by atoms with Gasteiger partial charge in [-0.25, -0.2) is 9.67 Å². The van der Waals surface area contributed by atoms with Crippen LogP contribution in [0.1, 0.15) is 11.1 Å². The molecule has 0 radical (unpaired) electrons. The first-order chi connectivity index (χ1) is 14.9. The smallest absolute Gasteiger partial charge is 0.288 e. The number of rotatable bonds is 5. The van der Waals surface area contributed by atoms with Gasteiger partial charge in [0.2, 0.25) is 0 Å². The summed E-state index contributed by atoms with van der Waals surface area (Å²) in [5, 5.41) is 5.24. The van der Waals surface area contributed by atoms with E-state index in [1.54, 1.807) is 19.2 Å². The summed E-state index contributed by atoms with van der Waals surface area (Å²) in [6.45, 7) is 0. The number of halogens is 6. The molecule has 3 aromatic rings. The molecule has 0 saturated carbocycles. The van der Waals surface area contributed by atoms with Crippen LogP contribution >= 0.6 is 0 Å². The Labute approximate surface area is 177 Å². The van der Waals surface area contributed by atoms with Gasteiger partial charge in [0.25, 0.3) is 5.91 Å². The second-order valence-corrected chi connectivity index (χ2v) is 6.40. The first-order valence-corrected chi connectivity index (χ1v) is 8.77. The molecule has 0 fully saturated rings. The Hall–Kier alpha value is -3.90. The van der Waals surface area contributed by atoms with E-state index in [-0.39, 0.29) is 11.9 Å². The molecule has 1 amide bonds. The van der Waals surface area contributed by atoms with Gasteiger partial charge in [0, 0.05) is 37.3 Å². The van der Waals surface area contributed by atoms with Crippen LogP contribution < -0.4 is 10.4 Å². The van der Waals surface area contributed by atoms with Crippen LogP contribution in [-0.4, -0.2) is 32.7 Å². The van der Waals surface area contributed by atoms with Gasteiger partial charge in [-0.2, -0.15) is 26.3 Å². The minimum atomic E-state index is -4.99. The standard InChI is InChI=1S/C19H14F6N6O/c1-30(15-2-5-26-6-3-15)28-16(32)4-7-31-11-27-17(29-31)12-8-13(18(20,21)22)10-14(9-12)19(23,24)25/h2-11H,1H3,(H,28,32)/b7-4-. The number of hydrazine groups is 1. The predicted molar refractivity (Wildman–Crippen MR) is 102 cm³/mol. The molecule has 1 aromatic carbocycles. The van der Waals surface area contributed by atoms with Crippen LogP contribution in [0.5, 0.6) is 0 Å². The summed E-state index contributed by atoms with van der Waals surface area (Å²) < 4.78 is 79.1. The average molecular weight is 456 g/mol. The summed E-state index contributed by atoms with van der Waals surface area (Å²) in [6, 6.07) is 4.37. The van der Waals surface area contributed by atoms with E-state index >= 15 is 0 Å². The number of carbonyl (C=O) groups is 1. The third-order valence-corrected chi connectivity index (χ3v) is 4.06. The van der Waals surface area contributed by atoms with Crippen LogP contribution in [0.2, 0.25) is 0 Å². The summed E-state index contributed by atoms with van der Waals surface area (Å²) in [5.41, 5.74) is -0.260. The molecule has 2 aromatic heterocycles. The van der Waals surface area contributed by atoms with E-state index in [1.165, 1.54) is 17.4 Å². The van der Waals surface area contributed by atoms with Crippen molar-refractivity contribution in [3.8, 4) is 11.4 Å². The van der Waals surface area contributed by atoms with E-state index in [4.69, 9.17) is 0 Å². The summed E-state index contributed by atoms with van der Waals surface area (Å²) in [4.78, 5) is 19.6. The van der Waals surface area contributed by atoms with Crippen molar-refractivity contribution in [1.29, 1.82) is 0 Å². The molecule has 0 bridgehead atoms. The number of nitrogens with zero attached hydrogens (tertiary/aromatic N) is 5. The van der Waals surface area contributed by atoms with Gasteiger partial charge in [0.05, 0.1) is 16.8 Å². The highest BCUT2D eigenvalue weighted by atomic mass is 19.4. The molecule has 7 nitrogen and oxygen atoms in total. The molecular weight excluding hydrogens is 442 g/mol. The van der Waals surface area contributed by atoms with E-state index in [0.717, 1.165) is 23.3 Å². The Morgan fingerprint density at radius 3 is 2.19 bits per heavy atom. The Morgan fingerprint density at radius 2 is 1.62 bits per heavy atom. The van der Waals surface area contributed by atoms with Gasteiger partial charge in [0.1, 0.15) is 6.33 Å². The fourth-order valence-electron chi connectivity index (χ4n) is 2.54. The average Bonchev–Trinajstić information content (AvgIpc) is 3.20. The maximum atomic E-state index is 13.0. The lowest BCUT2D eigenvalue weighted by molar-refractivity contribution is -0.143. The molecule has 0 aliphatic rings. The number of carbonyl (C=O) groups excluding carboxylic acids is 1. The maximum Gasteiger partial charge on any atom is 0.416 e. The molecule has 0 spiro atoms. The van der Waals surface area contributed by atoms with Crippen LogP contribution in [0.25, 0.3) is 17.6 Å². The number of pyridine rings is 1. The summed E-state index contributed by atoms with van der Waals surface area (Å²) >= 11 is 0. The number of hydrogen-bond donors (Lipinski definition) is 1. The number of amides is 1. The second-order valence-electron chi connectivity index (χ2n) is 6.40. The highest BCUT2D eigenvalue weighted by Gasteiger charge is 2.37. The highest BCUT2D eigenvalue weighted by molar-refractivity contribution is 5.91. The number of anilines is 1. The lowest BCUT2D eigenvalue weighted by atomic mass is 10.0. The van der Waals surface area contributed by atoms with Gasteiger partial charge in [0.15, 0.2) is 5.82 Å². The molecule has 3 rings (SSSR count). The summed E-state index contributed by atoms with van der Waals surface area (Å²) in [5.74, 6) is -0.944. The van der Waals surface area contributed by atoms with Crippen molar-refractivity contribution in [2.24, 2.45) is 0 Å². The fraction of sp³-hybridized carbons (Fsp3) is 0.158. The zero-order valence-electron chi connectivity index (χ0n) is 16.2. The topological polar surface area (TPSA) is 75.9 Å². The monoisotopic (exact) mass is 456 g/mol. The minimum absolute atomic E-state index is 0.0179. The summed E-state index contributed by atoms with van der Waals surface area (Å²) in [6.07, 6.45) is -3.67. The van der Waals surface area contributed by atoms with E-state index < -0.39 is 35.0 Å². The fourth-order valence-corrected chi connectivity index (χ4v) is 2.54. The Bertz CT molecular complexity index is 1090. The Kier molecular flexibility index (Phi) is 6.18. The molecule has 0 saturated heterocycles. The zero-order chi connectivity index (χ0) is 23.5. The van der Waals surface area contributed by atoms with Crippen LogP contribution in [-0.2, 0) is 17.1 Å². The van der Waals surface area contributed by atoms with E-state index in [2.05, 4.69) is 20.5 Å². The summed E-state index contributed by atoms with van der Waals surface area (Å²) in [7, 11) is 1.58. The molecular formula is C19H14F6N6O. The number of nitrogens with one attached hydrogen (secondary N) is 1. The first-order valence-electron chi connectivity index (χ1n) is 8.77. The number of benzene rings is 1. The van der Waals surface area contributed by atoms with Gasteiger partial charge < -0.3 is 0 Å². The van der Waals surface area contributed by atoms with Crippen molar-refractivity contribution in [2.45, 2.75) is 12.4 Å². The van der Waals surface area contributed by atoms with E-state index in [1.807, 2.05) is 0 Å². The lowest BCUT2D eigenvalue weighted by Crippen LogP contribution is -2.38. The molecule has 32 heavy (non-hydrogen) atoms. The quantitative estimate of drug-likeness (QED) is 0.357. The molecule has 2 heterocycles. The minimum Gasteiger partial charge on any atom is -0.288 e. The zero-order valence-corrected chi connectivity index (χ0v) is 16.2. The predicted octanol–water partition coefficient (Wildman–Crippen LogP) is 4.02. The normalized spacial score (nSPS) is 12.2. The Balaban J connectivity index is 1.79. The van der Waals surface area contributed by atoms with Gasteiger partial charge in [-0.15, -0.1) is 5.10 Å². The van der Waals surface area contributed by atoms with Gasteiger partial charge >= 0.3 is 12.4 Å². The number of alkyl halides is 6. The van der Waals surface area contributed by atoms with Gasteiger partial charge in [-0.1, -0.05) is 0 Å². The van der Waals surface area contributed by atoms with Crippen LogP contribution in [0.15, 0.2) is 55.1 Å². The molecule has 0 atom stereocenters. The van der Waals surface area contributed by atoms with Crippen LogP contribution in [0.4, 0.5) is 32.0 Å². The SMILES string of the molecule is CN(NC(=O)/C=C\n1cnc(-c2cc(C(F)(F)F)cc(C(F)(F)F)c2)n1)c1ccncc1. The van der Waals surface area contributed by atoms with E-state index in [0.29, 0.717) is 17.8 Å². The maximum absolute atomic E-state index is 13.0. The number of aromatic nitrogens is 4.